The summed E-state index contributed by atoms with van der Waals surface area (Å²) in [6, 6.07) is 5.43. The lowest BCUT2D eigenvalue weighted by Gasteiger charge is -1.99. The van der Waals surface area contributed by atoms with Crippen molar-refractivity contribution in [3.8, 4) is 0 Å². The zero-order chi connectivity index (χ0) is 10.1. The van der Waals surface area contributed by atoms with Crippen molar-refractivity contribution < 1.29 is 13.9 Å². The largest absolute Gasteiger partial charge is 0.465 e. The van der Waals surface area contributed by atoms with Gasteiger partial charge in [0.05, 0.1) is 13.4 Å². The van der Waals surface area contributed by atoms with Crippen LogP contribution < -0.4 is 0 Å². The van der Waals surface area contributed by atoms with Gasteiger partial charge in [0.25, 0.3) is 0 Å². The number of ether oxygens (including phenoxy) is 1. The third-order valence-corrected chi connectivity index (χ3v) is 2.20. The van der Waals surface area contributed by atoms with Gasteiger partial charge >= 0.3 is 5.97 Å². The molecule has 72 valence electrons. The highest BCUT2D eigenvalue weighted by atomic mass is 16.5. The Kier molecular flexibility index (Phi) is 2.00. The standard InChI is InChI=1S/C11H10O3/c1-7-6-14-10-8(7)4-3-5-9(10)11(12)13-2/h3-6H,1-2H3. The number of rotatable bonds is 1. The van der Waals surface area contributed by atoms with Crippen LogP contribution in [0.15, 0.2) is 28.9 Å². The first-order chi connectivity index (χ1) is 6.74. The molecule has 1 heterocycles. The number of furan rings is 1. The van der Waals surface area contributed by atoms with Gasteiger partial charge in [-0.2, -0.15) is 0 Å². The van der Waals surface area contributed by atoms with Gasteiger partial charge in [0.15, 0.2) is 0 Å². The van der Waals surface area contributed by atoms with E-state index in [4.69, 9.17) is 4.42 Å². The fraction of sp³-hybridized carbons (Fsp3) is 0.182. The second kappa shape index (κ2) is 3.18. The van der Waals surface area contributed by atoms with Crippen LogP contribution in [0.4, 0.5) is 0 Å². The van der Waals surface area contributed by atoms with Crippen LogP contribution in [0.5, 0.6) is 0 Å². The summed E-state index contributed by atoms with van der Waals surface area (Å²) in [6.45, 7) is 1.94. The number of fused-ring (bicyclic) bond motifs is 1. The van der Waals surface area contributed by atoms with Crippen LogP contribution >= 0.6 is 0 Å². The Hall–Kier alpha value is -1.77. The fourth-order valence-corrected chi connectivity index (χ4v) is 1.46. The molecular formula is C11H10O3. The second-order valence-corrected chi connectivity index (χ2v) is 3.09. The molecular weight excluding hydrogens is 180 g/mol. The molecule has 0 unspecified atom stereocenters. The minimum Gasteiger partial charge on any atom is -0.465 e. The van der Waals surface area contributed by atoms with Gasteiger partial charge in [-0.15, -0.1) is 0 Å². The predicted octanol–water partition coefficient (Wildman–Crippen LogP) is 2.53. The van der Waals surface area contributed by atoms with Crippen molar-refractivity contribution in [3.05, 3.63) is 35.6 Å². The molecule has 0 radical (unpaired) electrons. The number of benzene rings is 1. The Balaban J connectivity index is 2.71. The SMILES string of the molecule is COC(=O)c1cccc2c(C)coc12. The molecule has 0 saturated carbocycles. The predicted molar refractivity (Wildman–Crippen MR) is 52.3 cm³/mol. The summed E-state index contributed by atoms with van der Waals surface area (Å²) < 4.78 is 9.96. The van der Waals surface area contributed by atoms with Gasteiger partial charge < -0.3 is 9.15 Å². The summed E-state index contributed by atoms with van der Waals surface area (Å²) in [5, 5.41) is 0.952. The summed E-state index contributed by atoms with van der Waals surface area (Å²) in [5.41, 5.74) is 2.08. The normalized spacial score (nSPS) is 10.4. The average molecular weight is 190 g/mol. The topological polar surface area (TPSA) is 39.4 Å². The molecule has 1 aromatic carbocycles. The number of hydrogen-bond acceptors (Lipinski definition) is 3. The highest BCUT2D eigenvalue weighted by Gasteiger charge is 2.13. The van der Waals surface area contributed by atoms with Gasteiger partial charge in [0, 0.05) is 5.39 Å². The summed E-state index contributed by atoms with van der Waals surface area (Å²) in [5.74, 6) is -0.370. The number of carbonyl (C=O) groups is 1. The third-order valence-electron chi connectivity index (χ3n) is 2.20. The monoisotopic (exact) mass is 190 g/mol. The molecule has 2 aromatic rings. The smallest absolute Gasteiger partial charge is 0.341 e. The first kappa shape index (κ1) is 8.81. The molecule has 0 N–H and O–H groups in total. The lowest BCUT2D eigenvalue weighted by atomic mass is 10.1. The van der Waals surface area contributed by atoms with E-state index in [9.17, 15) is 4.79 Å². The van der Waals surface area contributed by atoms with E-state index in [-0.39, 0.29) is 5.97 Å². The molecule has 0 aliphatic rings. The van der Waals surface area contributed by atoms with Crippen molar-refractivity contribution in [2.75, 3.05) is 7.11 Å². The van der Waals surface area contributed by atoms with Crippen LogP contribution in [-0.2, 0) is 4.74 Å². The maximum absolute atomic E-state index is 11.4. The number of aryl methyl sites for hydroxylation is 1. The number of carbonyl (C=O) groups excluding carboxylic acids is 1. The van der Waals surface area contributed by atoms with E-state index in [2.05, 4.69) is 4.74 Å². The molecule has 0 amide bonds. The van der Waals surface area contributed by atoms with E-state index in [1.165, 1.54) is 7.11 Å². The van der Waals surface area contributed by atoms with Gasteiger partial charge in [-0.3, -0.25) is 0 Å². The van der Waals surface area contributed by atoms with Gasteiger partial charge in [-0.05, 0) is 18.6 Å². The van der Waals surface area contributed by atoms with Gasteiger partial charge in [-0.25, -0.2) is 4.79 Å². The molecule has 0 aliphatic heterocycles. The molecule has 2 rings (SSSR count). The van der Waals surface area contributed by atoms with Crippen LogP contribution in [0.1, 0.15) is 15.9 Å². The summed E-state index contributed by atoms with van der Waals surface area (Å²) in [4.78, 5) is 11.4. The Labute approximate surface area is 81.3 Å². The van der Waals surface area contributed by atoms with Crippen molar-refractivity contribution in [1.82, 2.24) is 0 Å². The quantitative estimate of drug-likeness (QED) is 0.648. The van der Waals surface area contributed by atoms with Crippen molar-refractivity contribution in [3.63, 3.8) is 0 Å². The number of para-hydroxylation sites is 1. The third kappa shape index (κ3) is 1.18. The van der Waals surface area contributed by atoms with Gasteiger partial charge in [0.1, 0.15) is 11.1 Å². The number of hydrogen-bond donors (Lipinski definition) is 0. The van der Waals surface area contributed by atoms with Crippen LogP contribution in [0.25, 0.3) is 11.0 Å². The summed E-state index contributed by atoms with van der Waals surface area (Å²) in [7, 11) is 1.36. The first-order valence-electron chi connectivity index (χ1n) is 4.29. The van der Waals surface area contributed by atoms with Crippen LogP contribution in [0, 0.1) is 6.92 Å². The molecule has 0 atom stereocenters. The number of methoxy groups -OCH3 is 1. The van der Waals surface area contributed by atoms with Crippen LogP contribution in [0.3, 0.4) is 0 Å². The minimum absolute atomic E-state index is 0.370. The molecule has 3 heteroatoms. The zero-order valence-corrected chi connectivity index (χ0v) is 8.03. The maximum Gasteiger partial charge on any atom is 0.341 e. The summed E-state index contributed by atoms with van der Waals surface area (Å²) in [6.07, 6.45) is 1.64. The zero-order valence-electron chi connectivity index (χ0n) is 8.03. The molecule has 0 saturated heterocycles. The van der Waals surface area contributed by atoms with Crippen LogP contribution in [-0.4, -0.2) is 13.1 Å². The lowest BCUT2D eigenvalue weighted by molar-refractivity contribution is 0.0602. The molecule has 14 heavy (non-hydrogen) atoms. The van der Waals surface area contributed by atoms with Gasteiger partial charge in [-0.1, -0.05) is 12.1 Å². The first-order valence-corrected chi connectivity index (χ1v) is 4.29. The van der Waals surface area contributed by atoms with E-state index >= 15 is 0 Å². The highest BCUT2D eigenvalue weighted by Crippen LogP contribution is 2.24. The van der Waals surface area contributed by atoms with Crippen molar-refractivity contribution in [2.24, 2.45) is 0 Å². The Morgan fingerprint density at radius 2 is 2.21 bits per heavy atom. The van der Waals surface area contributed by atoms with E-state index in [1.54, 1.807) is 12.3 Å². The minimum atomic E-state index is -0.370. The fourth-order valence-electron chi connectivity index (χ4n) is 1.46. The second-order valence-electron chi connectivity index (χ2n) is 3.09. The highest BCUT2D eigenvalue weighted by molar-refractivity contribution is 6.02. The number of esters is 1. The molecule has 0 spiro atoms. The van der Waals surface area contributed by atoms with E-state index in [1.807, 2.05) is 19.1 Å². The van der Waals surface area contributed by atoms with E-state index in [0.717, 1.165) is 10.9 Å². The molecule has 3 nitrogen and oxygen atoms in total. The van der Waals surface area contributed by atoms with Crippen molar-refractivity contribution in [1.29, 1.82) is 0 Å². The molecule has 1 aromatic heterocycles. The molecule has 0 bridgehead atoms. The summed E-state index contributed by atoms with van der Waals surface area (Å²) >= 11 is 0. The molecule has 0 aliphatic carbocycles. The van der Waals surface area contributed by atoms with Gasteiger partial charge in [0.2, 0.25) is 0 Å². The van der Waals surface area contributed by atoms with E-state index < -0.39 is 0 Å². The van der Waals surface area contributed by atoms with E-state index in [0.29, 0.717) is 11.1 Å². The Morgan fingerprint density at radius 1 is 1.43 bits per heavy atom. The van der Waals surface area contributed by atoms with Crippen molar-refractivity contribution >= 4 is 16.9 Å². The Bertz CT molecular complexity index is 482. The Morgan fingerprint density at radius 3 is 2.93 bits per heavy atom. The average Bonchev–Trinajstić information content (AvgIpc) is 2.59. The van der Waals surface area contributed by atoms with Crippen LogP contribution in [0.2, 0.25) is 0 Å². The lowest BCUT2D eigenvalue weighted by Crippen LogP contribution is -2.00. The molecule has 0 fully saturated rings. The maximum atomic E-state index is 11.4. The van der Waals surface area contributed by atoms with Crippen molar-refractivity contribution in [2.45, 2.75) is 6.92 Å².